The number of rotatable bonds is 6. The average Bonchev–Trinajstić information content (AvgIpc) is 3.66. The molecule has 6 nitrogen and oxygen atoms in total. The zero-order valence-corrected chi connectivity index (χ0v) is 20.9. The van der Waals surface area contributed by atoms with Crippen LogP contribution >= 0.6 is 0 Å². The largest absolute Gasteiger partial charge is 0.322 e. The van der Waals surface area contributed by atoms with Gasteiger partial charge in [-0.2, -0.15) is 0 Å². The van der Waals surface area contributed by atoms with E-state index < -0.39 is 0 Å². The summed E-state index contributed by atoms with van der Waals surface area (Å²) < 4.78 is 2.15. The van der Waals surface area contributed by atoms with Crippen LogP contribution in [-0.2, 0) is 11.2 Å². The van der Waals surface area contributed by atoms with Gasteiger partial charge in [-0.1, -0.05) is 61.5 Å². The lowest BCUT2D eigenvalue weighted by atomic mass is 9.97. The van der Waals surface area contributed by atoms with E-state index in [0.29, 0.717) is 0 Å². The summed E-state index contributed by atoms with van der Waals surface area (Å²) in [6.45, 7) is 2.12. The number of hydrogen-bond donors (Lipinski definition) is 1. The number of aromatic nitrogens is 1. The Kier molecular flexibility index (Phi) is 6.01. The molecule has 186 valence electrons. The van der Waals surface area contributed by atoms with E-state index in [9.17, 15) is 9.59 Å². The molecule has 4 aromatic rings. The number of hydrogen-bond acceptors (Lipinski definition) is 2. The third-order valence-corrected chi connectivity index (χ3v) is 7.27. The van der Waals surface area contributed by atoms with E-state index in [1.165, 1.54) is 5.56 Å². The molecule has 0 saturated heterocycles. The van der Waals surface area contributed by atoms with Gasteiger partial charge in [0.05, 0.1) is 17.1 Å². The summed E-state index contributed by atoms with van der Waals surface area (Å²) in [6, 6.07) is 29.6. The second kappa shape index (κ2) is 9.62. The Bertz CT molecular complexity index is 1420. The average molecular weight is 491 g/mol. The number of nitrogens with zero attached hydrogens (tertiary/aromatic N) is 3. The highest BCUT2D eigenvalue weighted by molar-refractivity contribution is 6.01. The number of nitrogens with one attached hydrogen (secondary N) is 1. The Morgan fingerprint density at radius 3 is 2.27 bits per heavy atom. The van der Waals surface area contributed by atoms with Gasteiger partial charge in [0.15, 0.2) is 0 Å². The van der Waals surface area contributed by atoms with Crippen molar-refractivity contribution in [3.8, 4) is 5.69 Å². The van der Waals surface area contributed by atoms with Crippen LogP contribution in [0.1, 0.15) is 42.6 Å². The van der Waals surface area contributed by atoms with Crippen molar-refractivity contribution in [3.63, 3.8) is 0 Å². The molecule has 1 aliphatic heterocycles. The van der Waals surface area contributed by atoms with E-state index in [1.807, 2.05) is 83.9 Å². The van der Waals surface area contributed by atoms with Gasteiger partial charge in [0.2, 0.25) is 5.91 Å². The van der Waals surface area contributed by atoms with Crippen molar-refractivity contribution in [1.29, 1.82) is 0 Å². The maximum Gasteiger partial charge on any atom is 0.322 e. The van der Waals surface area contributed by atoms with E-state index in [-0.39, 0.29) is 30.6 Å². The molecule has 2 aliphatic rings. The molecule has 1 atom stereocenters. The van der Waals surface area contributed by atoms with Gasteiger partial charge in [0.1, 0.15) is 12.6 Å². The van der Waals surface area contributed by atoms with Crippen LogP contribution in [0.4, 0.5) is 16.2 Å². The lowest BCUT2D eigenvalue weighted by Gasteiger charge is -2.39. The summed E-state index contributed by atoms with van der Waals surface area (Å²) in [5, 5.41) is 3.01. The standard InChI is InChI=1S/C31H30N4O2/c1-2-22-14-16-24(17-15-22)32-31(37)34(25-18-19-25)21-29(36)35-27-12-7-6-11-26(27)33-20-8-13-28(33)30(35)23-9-4-3-5-10-23/h3-17,20,25,30H,2,18-19,21H2,1H3,(H,32,37). The first-order valence-electron chi connectivity index (χ1n) is 12.9. The van der Waals surface area contributed by atoms with Crippen LogP contribution in [0, 0.1) is 0 Å². The van der Waals surface area contributed by atoms with Crippen LogP contribution in [0.15, 0.2) is 97.2 Å². The van der Waals surface area contributed by atoms with Gasteiger partial charge in [-0.25, -0.2) is 4.79 Å². The van der Waals surface area contributed by atoms with Gasteiger partial charge in [-0.05, 0) is 66.8 Å². The van der Waals surface area contributed by atoms with Crippen molar-refractivity contribution in [2.24, 2.45) is 0 Å². The number of urea groups is 1. The Balaban J connectivity index is 1.32. The highest BCUT2D eigenvalue weighted by Gasteiger charge is 2.40. The first-order chi connectivity index (χ1) is 18.1. The summed E-state index contributed by atoms with van der Waals surface area (Å²) in [7, 11) is 0. The number of anilines is 2. The smallest absolute Gasteiger partial charge is 0.316 e. The van der Waals surface area contributed by atoms with E-state index in [4.69, 9.17) is 0 Å². The fourth-order valence-corrected chi connectivity index (χ4v) is 5.21. The van der Waals surface area contributed by atoms with Gasteiger partial charge in [0, 0.05) is 17.9 Å². The van der Waals surface area contributed by atoms with Crippen molar-refractivity contribution in [3.05, 3.63) is 114 Å². The third-order valence-electron chi connectivity index (χ3n) is 7.27. The quantitative estimate of drug-likeness (QED) is 0.351. The van der Waals surface area contributed by atoms with Crippen LogP contribution in [-0.4, -0.2) is 34.0 Å². The molecule has 6 rings (SSSR count). The highest BCUT2D eigenvalue weighted by Crippen LogP contribution is 2.42. The van der Waals surface area contributed by atoms with Crippen LogP contribution in [0.2, 0.25) is 0 Å². The van der Waals surface area contributed by atoms with Crippen LogP contribution < -0.4 is 10.2 Å². The Labute approximate surface area is 217 Å². The zero-order valence-electron chi connectivity index (χ0n) is 20.9. The lowest BCUT2D eigenvalue weighted by molar-refractivity contribution is -0.119. The number of fused-ring (bicyclic) bond motifs is 3. The van der Waals surface area contributed by atoms with E-state index >= 15 is 0 Å². The molecule has 1 aliphatic carbocycles. The first kappa shape index (κ1) is 23.1. The lowest BCUT2D eigenvalue weighted by Crippen LogP contribution is -2.48. The SMILES string of the molecule is CCc1ccc(NC(=O)N(CC(=O)N2c3ccccc3-n3cccc3C2c2ccccc2)C2CC2)cc1. The second-order valence-electron chi connectivity index (χ2n) is 9.71. The molecular weight excluding hydrogens is 460 g/mol. The predicted octanol–water partition coefficient (Wildman–Crippen LogP) is 6.17. The van der Waals surface area contributed by atoms with Crippen LogP contribution in [0.5, 0.6) is 0 Å². The third kappa shape index (κ3) is 4.40. The van der Waals surface area contributed by atoms with Crippen LogP contribution in [0.3, 0.4) is 0 Å². The molecule has 1 N–H and O–H groups in total. The molecular formula is C31H30N4O2. The molecule has 1 unspecified atom stereocenters. The fourth-order valence-electron chi connectivity index (χ4n) is 5.21. The summed E-state index contributed by atoms with van der Waals surface area (Å²) in [4.78, 5) is 31.1. The summed E-state index contributed by atoms with van der Waals surface area (Å²) in [5.41, 5.74) is 5.81. The van der Waals surface area contributed by atoms with Crippen molar-refractivity contribution >= 4 is 23.3 Å². The molecule has 1 aromatic heterocycles. The van der Waals surface area contributed by atoms with Crippen molar-refractivity contribution in [1.82, 2.24) is 9.47 Å². The molecule has 6 heteroatoms. The minimum Gasteiger partial charge on any atom is -0.316 e. The molecule has 0 bridgehead atoms. The zero-order chi connectivity index (χ0) is 25.4. The van der Waals surface area contributed by atoms with Gasteiger partial charge < -0.3 is 14.8 Å². The Morgan fingerprint density at radius 2 is 1.57 bits per heavy atom. The topological polar surface area (TPSA) is 57.6 Å². The second-order valence-corrected chi connectivity index (χ2v) is 9.71. The van der Waals surface area contributed by atoms with Gasteiger partial charge in [0.25, 0.3) is 0 Å². The van der Waals surface area contributed by atoms with E-state index in [2.05, 4.69) is 35.0 Å². The highest BCUT2D eigenvalue weighted by atomic mass is 16.2. The fraction of sp³-hybridized carbons (Fsp3) is 0.226. The van der Waals surface area contributed by atoms with E-state index in [0.717, 1.165) is 47.6 Å². The first-order valence-corrected chi connectivity index (χ1v) is 12.9. The minimum atomic E-state index is -0.288. The number of carbonyl (C=O) groups excluding carboxylic acids is 2. The number of para-hydroxylation sites is 2. The molecule has 3 amide bonds. The molecule has 1 fully saturated rings. The number of benzene rings is 3. The maximum absolute atomic E-state index is 14.2. The van der Waals surface area contributed by atoms with Crippen molar-refractivity contribution in [2.45, 2.75) is 38.3 Å². The van der Waals surface area contributed by atoms with Crippen molar-refractivity contribution in [2.75, 3.05) is 16.8 Å². The molecule has 0 radical (unpaired) electrons. The van der Waals surface area contributed by atoms with Gasteiger partial charge in [-0.3, -0.25) is 9.69 Å². The summed E-state index contributed by atoms with van der Waals surface area (Å²) in [5.74, 6) is -0.0999. The van der Waals surface area contributed by atoms with Gasteiger partial charge in [-0.15, -0.1) is 0 Å². The monoisotopic (exact) mass is 490 g/mol. The summed E-state index contributed by atoms with van der Waals surface area (Å²) in [6.07, 6.45) is 4.81. The summed E-state index contributed by atoms with van der Waals surface area (Å²) >= 11 is 0. The molecule has 3 aromatic carbocycles. The minimum absolute atomic E-state index is 0.0158. The maximum atomic E-state index is 14.2. The Morgan fingerprint density at radius 1 is 0.865 bits per heavy atom. The number of aryl methyl sites for hydroxylation is 1. The molecule has 1 saturated carbocycles. The van der Waals surface area contributed by atoms with Crippen LogP contribution in [0.25, 0.3) is 5.69 Å². The number of amides is 3. The molecule has 0 spiro atoms. The van der Waals surface area contributed by atoms with Crippen molar-refractivity contribution < 1.29 is 9.59 Å². The molecule has 2 heterocycles. The van der Waals surface area contributed by atoms with Gasteiger partial charge >= 0.3 is 6.03 Å². The predicted molar refractivity (Wildman–Crippen MR) is 146 cm³/mol. The normalized spacial score (nSPS) is 16.0. The molecule has 37 heavy (non-hydrogen) atoms. The number of carbonyl (C=O) groups is 2. The Hall–Kier alpha value is -4.32. The van der Waals surface area contributed by atoms with E-state index in [1.54, 1.807) is 4.90 Å².